The van der Waals surface area contributed by atoms with Crippen LogP contribution >= 0.6 is 23.1 Å². The van der Waals surface area contributed by atoms with E-state index in [9.17, 15) is 4.79 Å². The highest BCUT2D eigenvalue weighted by atomic mass is 32.2. The number of hydrogen-bond donors (Lipinski definition) is 1. The highest BCUT2D eigenvalue weighted by molar-refractivity contribution is 8.00. The second-order valence-electron chi connectivity index (χ2n) is 6.19. The molecular weight excluding hydrogens is 378 g/mol. The number of hydrogen-bond acceptors (Lipinski definition) is 6. The average Bonchev–Trinajstić information content (AvgIpc) is 3.08. The van der Waals surface area contributed by atoms with E-state index in [4.69, 9.17) is 4.74 Å². The van der Waals surface area contributed by atoms with Crippen molar-refractivity contribution in [3.05, 3.63) is 64.7 Å². The number of anilines is 1. The van der Waals surface area contributed by atoms with Crippen molar-refractivity contribution >= 4 is 34.1 Å². The van der Waals surface area contributed by atoms with Gasteiger partial charge in [-0.05, 0) is 43.5 Å². The second kappa shape index (κ2) is 9.01. The fourth-order valence-corrected chi connectivity index (χ4v) is 4.16. The Hall–Kier alpha value is -2.38. The summed E-state index contributed by atoms with van der Waals surface area (Å²) in [6.07, 6.45) is 0. The number of thioether (sulfide) groups is 1. The quantitative estimate of drug-likeness (QED) is 0.458. The summed E-state index contributed by atoms with van der Waals surface area (Å²) in [6.45, 7) is 6.01. The van der Waals surface area contributed by atoms with Crippen LogP contribution in [0.5, 0.6) is 5.75 Å². The predicted octanol–water partition coefficient (Wildman–Crippen LogP) is 4.77. The minimum absolute atomic E-state index is 0.0599. The predicted molar refractivity (Wildman–Crippen MR) is 111 cm³/mol. The fraction of sp³-hybridized carbons (Fsp3) is 0.250. The first-order chi connectivity index (χ1) is 13.0. The first-order valence-corrected chi connectivity index (χ1v) is 10.3. The lowest BCUT2D eigenvalue weighted by atomic mass is 10.1. The van der Waals surface area contributed by atoms with Crippen LogP contribution in [0.1, 0.15) is 22.3 Å². The molecule has 0 saturated heterocycles. The summed E-state index contributed by atoms with van der Waals surface area (Å²) in [5.41, 5.74) is 4.65. The summed E-state index contributed by atoms with van der Waals surface area (Å²) in [5.74, 6) is 1.29. The Bertz CT molecular complexity index is 940. The van der Waals surface area contributed by atoms with E-state index >= 15 is 0 Å². The molecule has 3 rings (SSSR count). The monoisotopic (exact) mass is 399 g/mol. The van der Waals surface area contributed by atoms with Gasteiger partial charge in [0.15, 0.2) is 10.9 Å². The van der Waals surface area contributed by atoms with Gasteiger partial charge >= 0.3 is 0 Å². The van der Waals surface area contributed by atoms with E-state index in [1.54, 1.807) is 11.8 Å². The van der Waals surface area contributed by atoms with E-state index in [0.29, 0.717) is 5.13 Å². The van der Waals surface area contributed by atoms with Crippen molar-refractivity contribution in [2.45, 2.75) is 30.9 Å². The molecule has 1 heterocycles. The van der Waals surface area contributed by atoms with Crippen molar-refractivity contribution in [2.24, 2.45) is 0 Å². The van der Waals surface area contributed by atoms with E-state index in [0.717, 1.165) is 27.0 Å². The van der Waals surface area contributed by atoms with Crippen molar-refractivity contribution in [3.63, 3.8) is 0 Å². The topological polar surface area (TPSA) is 64.1 Å². The number of aromatic nitrogens is 2. The number of benzene rings is 2. The van der Waals surface area contributed by atoms with Crippen molar-refractivity contribution < 1.29 is 9.53 Å². The van der Waals surface area contributed by atoms with E-state index in [1.807, 2.05) is 38.1 Å². The molecule has 0 fully saturated rings. The Kier molecular flexibility index (Phi) is 6.47. The molecule has 27 heavy (non-hydrogen) atoms. The van der Waals surface area contributed by atoms with Gasteiger partial charge in [-0.2, -0.15) is 0 Å². The van der Waals surface area contributed by atoms with Crippen LogP contribution in [-0.2, 0) is 10.5 Å². The van der Waals surface area contributed by atoms with Crippen LogP contribution in [0.4, 0.5) is 5.13 Å². The summed E-state index contributed by atoms with van der Waals surface area (Å²) < 4.78 is 6.44. The summed E-state index contributed by atoms with van der Waals surface area (Å²) in [6, 6.07) is 14.2. The third kappa shape index (κ3) is 5.55. The Balaban J connectivity index is 1.49. The van der Waals surface area contributed by atoms with Gasteiger partial charge < -0.3 is 4.74 Å². The molecule has 140 valence electrons. The molecule has 1 amide bonds. The number of carbonyl (C=O) groups excluding carboxylic acids is 1. The van der Waals surface area contributed by atoms with Crippen LogP contribution in [0, 0.1) is 20.8 Å². The van der Waals surface area contributed by atoms with E-state index in [1.165, 1.54) is 22.5 Å². The maximum atomic E-state index is 12.1. The molecule has 0 spiro atoms. The van der Waals surface area contributed by atoms with Crippen LogP contribution < -0.4 is 10.1 Å². The molecule has 0 radical (unpaired) electrons. The molecule has 1 aromatic heterocycles. The maximum Gasteiger partial charge on any atom is 0.264 e. The molecule has 7 heteroatoms. The van der Waals surface area contributed by atoms with Gasteiger partial charge in [0, 0.05) is 5.75 Å². The zero-order valence-electron chi connectivity index (χ0n) is 15.5. The van der Waals surface area contributed by atoms with Crippen LogP contribution in [0.3, 0.4) is 0 Å². The van der Waals surface area contributed by atoms with Crippen molar-refractivity contribution in [1.82, 2.24) is 10.2 Å². The second-order valence-corrected chi connectivity index (χ2v) is 8.39. The van der Waals surface area contributed by atoms with Gasteiger partial charge in [0.25, 0.3) is 5.91 Å². The van der Waals surface area contributed by atoms with Crippen LogP contribution in [-0.4, -0.2) is 22.7 Å². The summed E-state index contributed by atoms with van der Waals surface area (Å²) in [4.78, 5) is 12.1. The molecule has 0 saturated carbocycles. The first-order valence-electron chi connectivity index (χ1n) is 8.52. The van der Waals surface area contributed by atoms with Crippen LogP contribution in [0.25, 0.3) is 0 Å². The number of nitrogens with one attached hydrogen (secondary N) is 1. The smallest absolute Gasteiger partial charge is 0.264 e. The van der Waals surface area contributed by atoms with Gasteiger partial charge in [-0.3, -0.25) is 10.1 Å². The Morgan fingerprint density at radius 1 is 1.15 bits per heavy atom. The minimum Gasteiger partial charge on any atom is -0.483 e. The van der Waals surface area contributed by atoms with Gasteiger partial charge in [-0.15, -0.1) is 10.2 Å². The van der Waals surface area contributed by atoms with Gasteiger partial charge in [-0.1, -0.05) is 65.1 Å². The molecule has 0 aliphatic heterocycles. The maximum absolute atomic E-state index is 12.1. The first kappa shape index (κ1) is 19.4. The summed E-state index contributed by atoms with van der Waals surface area (Å²) in [5, 5.41) is 11.4. The molecule has 0 aliphatic rings. The third-order valence-corrected chi connectivity index (χ3v) is 6.05. The number of carbonyl (C=O) groups is 1. The Labute approximate surface area is 167 Å². The normalized spacial score (nSPS) is 10.6. The van der Waals surface area contributed by atoms with E-state index in [-0.39, 0.29) is 12.5 Å². The molecule has 5 nitrogen and oxygen atoms in total. The summed E-state index contributed by atoms with van der Waals surface area (Å²) in [7, 11) is 0. The van der Waals surface area contributed by atoms with Crippen molar-refractivity contribution in [3.8, 4) is 5.75 Å². The molecule has 0 atom stereocenters. The lowest BCUT2D eigenvalue weighted by Crippen LogP contribution is -2.20. The Morgan fingerprint density at radius 2 is 1.96 bits per heavy atom. The lowest BCUT2D eigenvalue weighted by Gasteiger charge is -2.10. The highest BCUT2D eigenvalue weighted by Gasteiger charge is 2.11. The number of aryl methyl sites for hydroxylation is 2. The molecule has 0 bridgehead atoms. The number of nitrogens with zero attached hydrogens (tertiary/aromatic N) is 2. The summed E-state index contributed by atoms with van der Waals surface area (Å²) >= 11 is 2.97. The number of ether oxygens (including phenoxy) is 1. The van der Waals surface area contributed by atoms with Crippen molar-refractivity contribution in [1.29, 1.82) is 0 Å². The largest absolute Gasteiger partial charge is 0.483 e. The lowest BCUT2D eigenvalue weighted by molar-refractivity contribution is -0.118. The third-order valence-electron chi connectivity index (χ3n) is 4.01. The van der Waals surface area contributed by atoms with Gasteiger partial charge in [0.05, 0.1) is 0 Å². The van der Waals surface area contributed by atoms with Crippen molar-refractivity contribution in [2.75, 3.05) is 11.9 Å². The van der Waals surface area contributed by atoms with Gasteiger partial charge in [0.1, 0.15) is 5.75 Å². The molecule has 2 aromatic carbocycles. The molecule has 3 aromatic rings. The molecular formula is C20H21N3O2S2. The number of rotatable bonds is 7. The number of amides is 1. The Morgan fingerprint density at radius 3 is 2.78 bits per heavy atom. The average molecular weight is 400 g/mol. The standard InChI is InChI=1S/C20H21N3O2S2/c1-13-6-4-8-16(10-13)12-26-20-23-22-19(27-20)21-18(24)11-25-17-9-5-7-14(2)15(17)3/h4-10H,11-12H2,1-3H3,(H,21,22,24). The van der Waals surface area contributed by atoms with Gasteiger partial charge in [-0.25, -0.2) is 0 Å². The minimum atomic E-state index is -0.248. The molecule has 0 aliphatic carbocycles. The van der Waals surface area contributed by atoms with E-state index < -0.39 is 0 Å². The van der Waals surface area contributed by atoms with Crippen LogP contribution in [0.2, 0.25) is 0 Å². The highest BCUT2D eigenvalue weighted by Crippen LogP contribution is 2.28. The van der Waals surface area contributed by atoms with E-state index in [2.05, 4.69) is 40.6 Å². The van der Waals surface area contributed by atoms with Gasteiger partial charge in [0.2, 0.25) is 5.13 Å². The fourth-order valence-electron chi connectivity index (χ4n) is 2.44. The SMILES string of the molecule is Cc1cccc(CSc2nnc(NC(=O)COc3cccc(C)c3C)s2)c1. The molecule has 0 unspecified atom stereocenters. The zero-order valence-corrected chi connectivity index (χ0v) is 17.1. The van der Waals surface area contributed by atoms with Crippen LogP contribution in [0.15, 0.2) is 46.8 Å². The zero-order chi connectivity index (χ0) is 19.2. The molecule has 1 N–H and O–H groups in total.